The zero-order valence-corrected chi connectivity index (χ0v) is 9.88. The average Bonchev–Trinajstić information content (AvgIpc) is 2.23. The van der Waals surface area contributed by atoms with E-state index >= 15 is 0 Å². The summed E-state index contributed by atoms with van der Waals surface area (Å²) in [6.07, 6.45) is 1.99. The summed E-state index contributed by atoms with van der Waals surface area (Å²) in [6, 6.07) is 6.38. The molecule has 0 aliphatic heterocycles. The highest BCUT2D eigenvalue weighted by atomic mass is 16.5. The summed E-state index contributed by atoms with van der Waals surface area (Å²) < 4.78 is 10.6. The SMILES string of the molecule is CCc1cc(C)cc(OCCCOC)c1. The minimum Gasteiger partial charge on any atom is -0.493 e. The molecule has 2 nitrogen and oxygen atoms in total. The number of benzene rings is 1. The van der Waals surface area contributed by atoms with E-state index in [4.69, 9.17) is 9.47 Å². The molecule has 0 radical (unpaired) electrons. The summed E-state index contributed by atoms with van der Waals surface area (Å²) >= 11 is 0. The second-order valence-electron chi connectivity index (χ2n) is 3.70. The molecule has 15 heavy (non-hydrogen) atoms. The number of aryl methyl sites for hydroxylation is 2. The van der Waals surface area contributed by atoms with Crippen LogP contribution in [0.25, 0.3) is 0 Å². The summed E-state index contributed by atoms with van der Waals surface area (Å²) in [4.78, 5) is 0. The van der Waals surface area contributed by atoms with E-state index in [9.17, 15) is 0 Å². The molecule has 0 saturated carbocycles. The average molecular weight is 208 g/mol. The highest BCUT2D eigenvalue weighted by molar-refractivity contribution is 5.33. The van der Waals surface area contributed by atoms with Gasteiger partial charge in [-0.1, -0.05) is 13.0 Å². The fourth-order valence-electron chi connectivity index (χ4n) is 1.51. The number of methoxy groups -OCH3 is 1. The van der Waals surface area contributed by atoms with Crippen LogP contribution in [0.15, 0.2) is 18.2 Å². The highest BCUT2D eigenvalue weighted by Crippen LogP contribution is 2.17. The quantitative estimate of drug-likeness (QED) is 0.669. The third-order valence-electron chi connectivity index (χ3n) is 2.28. The minimum absolute atomic E-state index is 0.723. The van der Waals surface area contributed by atoms with Crippen LogP contribution in [0, 0.1) is 6.92 Å². The monoisotopic (exact) mass is 208 g/mol. The van der Waals surface area contributed by atoms with Crippen molar-refractivity contribution < 1.29 is 9.47 Å². The van der Waals surface area contributed by atoms with E-state index in [0.29, 0.717) is 0 Å². The zero-order chi connectivity index (χ0) is 11.1. The van der Waals surface area contributed by atoms with Crippen LogP contribution < -0.4 is 4.74 Å². The lowest BCUT2D eigenvalue weighted by atomic mass is 10.1. The largest absolute Gasteiger partial charge is 0.493 e. The van der Waals surface area contributed by atoms with E-state index < -0.39 is 0 Å². The topological polar surface area (TPSA) is 18.5 Å². The molecule has 0 atom stereocenters. The molecule has 0 fully saturated rings. The molecule has 2 heteroatoms. The smallest absolute Gasteiger partial charge is 0.119 e. The lowest BCUT2D eigenvalue weighted by Crippen LogP contribution is -2.01. The van der Waals surface area contributed by atoms with Crippen molar-refractivity contribution in [1.82, 2.24) is 0 Å². The molecule has 0 amide bonds. The van der Waals surface area contributed by atoms with Gasteiger partial charge in [-0.15, -0.1) is 0 Å². The third kappa shape index (κ3) is 4.34. The van der Waals surface area contributed by atoms with Crippen molar-refractivity contribution in [2.24, 2.45) is 0 Å². The first-order chi connectivity index (χ1) is 7.26. The molecule has 0 N–H and O–H groups in total. The van der Waals surface area contributed by atoms with Gasteiger partial charge in [0.15, 0.2) is 0 Å². The lowest BCUT2D eigenvalue weighted by molar-refractivity contribution is 0.172. The molecule has 0 heterocycles. The van der Waals surface area contributed by atoms with Gasteiger partial charge in [0.05, 0.1) is 6.61 Å². The molecule has 1 aromatic rings. The van der Waals surface area contributed by atoms with Crippen molar-refractivity contribution in [3.63, 3.8) is 0 Å². The van der Waals surface area contributed by atoms with E-state index in [1.165, 1.54) is 11.1 Å². The fraction of sp³-hybridized carbons (Fsp3) is 0.538. The van der Waals surface area contributed by atoms with E-state index in [-0.39, 0.29) is 0 Å². The van der Waals surface area contributed by atoms with Crippen molar-refractivity contribution in [2.75, 3.05) is 20.3 Å². The maximum Gasteiger partial charge on any atom is 0.119 e. The van der Waals surface area contributed by atoms with E-state index in [0.717, 1.165) is 31.8 Å². The second-order valence-corrected chi connectivity index (χ2v) is 3.70. The number of hydrogen-bond acceptors (Lipinski definition) is 2. The molecular weight excluding hydrogens is 188 g/mol. The molecule has 84 valence electrons. The Morgan fingerprint density at radius 2 is 1.93 bits per heavy atom. The van der Waals surface area contributed by atoms with Crippen LogP contribution in [0.5, 0.6) is 5.75 Å². The van der Waals surface area contributed by atoms with Gasteiger partial charge in [0.1, 0.15) is 5.75 Å². The maximum absolute atomic E-state index is 5.65. The molecule has 1 aromatic carbocycles. The van der Waals surface area contributed by atoms with Gasteiger partial charge in [0.25, 0.3) is 0 Å². The minimum atomic E-state index is 0.723. The Bertz CT molecular complexity index is 295. The van der Waals surface area contributed by atoms with Gasteiger partial charge in [0, 0.05) is 20.1 Å². The molecule has 0 bridgehead atoms. The molecule has 1 rings (SSSR count). The van der Waals surface area contributed by atoms with Crippen molar-refractivity contribution in [1.29, 1.82) is 0 Å². The van der Waals surface area contributed by atoms with Gasteiger partial charge in [-0.2, -0.15) is 0 Å². The zero-order valence-electron chi connectivity index (χ0n) is 9.88. The Hall–Kier alpha value is -1.02. The van der Waals surface area contributed by atoms with Gasteiger partial charge in [0.2, 0.25) is 0 Å². The first-order valence-corrected chi connectivity index (χ1v) is 5.48. The maximum atomic E-state index is 5.65. The summed E-state index contributed by atoms with van der Waals surface area (Å²) in [6.45, 7) is 5.73. The summed E-state index contributed by atoms with van der Waals surface area (Å²) in [7, 11) is 1.71. The van der Waals surface area contributed by atoms with Gasteiger partial charge in [-0.25, -0.2) is 0 Å². The first kappa shape index (κ1) is 12.1. The Morgan fingerprint density at radius 1 is 1.13 bits per heavy atom. The molecule has 0 unspecified atom stereocenters. The van der Waals surface area contributed by atoms with Crippen molar-refractivity contribution in [3.05, 3.63) is 29.3 Å². The van der Waals surface area contributed by atoms with E-state index in [1.807, 2.05) is 0 Å². The van der Waals surface area contributed by atoms with Crippen LogP contribution >= 0.6 is 0 Å². The Kier molecular flexibility index (Phi) is 5.19. The van der Waals surface area contributed by atoms with Crippen LogP contribution in [0.1, 0.15) is 24.5 Å². The number of ether oxygens (including phenoxy) is 2. The molecule has 0 aliphatic carbocycles. The first-order valence-electron chi connectivity index (χ1n) is 5.48. The molecule has 0 spiro atoms. The van der Waals surface area contributed by atoms with Crippen molar-refractivity contribution in [3.8, 4) is 5.75 Å². The number of hydrogen-bond donors (Lipinski definition) is 0. The Balaban J connectivity index is 2.49. The van der Waals surface area contributed by atoms with Crippen LogP contribution in [0.2, 0.25) is 0 Å². The van der Waals surface area contributed by atoms with Crippen LogP contribution in [0.3, 0.4) is 0 Å². The summed E-state index contributed by atoms with van der Waals surface area (Å²) in [5.41, 5.74) is 2.59. The second kappa shape index (κ2) is 6.46. The predicted molar refractivity (Wildman–Crippen MR) is 62.5 cm³/mol. The van der Waals surface area contributed by atoms with Gasteiger partial charge in [-0.05, 0) is 36.6 Å². The van der Waals surface area contributed by atoms with Crippen LogP contribution in [-0.2, 0) is 11.2 Å². The lowest BCUT2D eigenvalue weighted by Gasteiger charge is -2.08. The van der Waals surface area contributed by atoms with E-state index in [1.54, 1.807) is 7.11 Å². The summed E-state index contributed by atoms with van der Waals surface area (Å²) in [5.74, 6) is 0.975. The number of rotatable bonds is 6. The van der Waals surface area contributed by atoms with E-state index in [2.05, 4.69) is 32.0 Å². The molecule has 0 aliphatic rings. The predicted octanol–water partition coefficient (Wildman–Crippen LogP) is 2.97. The van der Waals surface area contributed by atoms with Crippen molar-refractivity contribution >= 4 is 0 Å². The normalized spacial score (nSPS) is 10.3. The fourth-order valence-corrected chi connectivity index (χ4v) is 1.51. The Morgan fingerprint density at radius 3 is 2.60 bits per heavy atom. The third-order valence-corrected chi connectivity index (χ3v) is 2.28. The standard InChI is InChI=1S/C13H20O2/c1-4-12-8-11(2)9-13(10-12)15-7-5-6-14-3/h8-10H,4-7H2,1-3H3. The van der Waals surface area contributed by atoms with Crippen LogP contribution in [-0.4, -0.2) is 20.3 Å². The molecule has 0 saturated heterocycles. The van der Waals surface area contributed by atoms with Gasteiger partial charge >= 0.3 is 0 Å². The Labute approximate surface area is 92.2 Å². The van der Waals surface area contributed by atoms with Gasteiger partial charge < -0.3 is 9.47 Å². The highest BCUT2D eigenvalue weighted by Gasteiger charge is 1.98. The van der Waals surface area contributed by atoms with Crippen LogP contribution in [0.4, 0.5) is 0 Å². The molecular formula is C13H20O2. The molecule has 0 aromatic heterocycles. The van der Waals surface area contributed by atoms with Gasteiger partial charge in [-0.3, -0.25) is 0 Å². The van der Waals surface area contributed by atoms with Crippen molar-refractivity contribution in [2.45, 2.75) is 26.7 Å². The summed E-state index contributed by atoms with van der Waals surface area (Å²) in [5, 5.41) is 0.